The first-order valence-electron chi connectivity index (χ1n) is 5.98. The van der Waals surface area contributed by atoms with Crippen LogP contribution >= 0.6 is 35.0 Å². The summed E-state index contributed by atoms with van der Waals surface area (Å²) in [4.78, 5) is 8.98. The zero-order valence-electron chi connectivity index (χ0n) is 10.6. The van der Waals surface area contributed by atoms with Gasteiger partial charge in [-0.05, 0) is 46.4 Å². The van der Waals surface area contributed by atoms with Crippen LogP contribution < -0.4 is 5.73 Å². The monoisotopic (exact) mass is 397 g/mol. The van der Waals surface area contributed by atoms with Gasteiger partial charge in [-0.2, -0.15) is 0 Å². The Morgan fingerprint density at radius 3 is 2.50 bits per heavy atom. The first-order chi connectivity index (χ1) is 9.22. The van der Waals surface area contributed by atoms with E-state index in [9.17, 15) is 0 Å². The van der Waals surface area contributed by atoms with Gasteiger partial charge in [0.1, 0.15) is 11.6 Å². The number of nitrogens with two attached hydrogens (primary N) is 1. The lowest BCUT2D eigenvalue weighted by Crippen LogP contribution is -2.02. The second-order valence-electron chi connectivity index (χ2n) is 4.35. The van der Waals surface area contributed by atoms with Gasteiger partial charge in [0.05, 0.1) is 5.52 Å². The predicted molar refractivity (Wildman–Crippen MR) is 93.2 cm³/mol. The van der Waals surface area contributed by atoms with E-state index in [1.165, 1.54) is 5.56 Å². The fourth-order valence-electron chi connectivity index (χ4n) is 2.03. The molecule has 0 aliphatic carbocycles. The summed E-state index contributed by atoms with van der Waals surface area (Å²) >= 11 is 2.26. The largest absolute Gasteiger partial charge is 0.383 e. The Labute approximate surface area is 137 Å². The number of benzene rings is 2. The van der Waals surface area contributed by atoms with Crippen LogP contribution in [0.4, 0.5) is 5.82 Å². The first kappa shape index (κ1) is 15.0. The molecule has 0 aliphatic heterocycles. The Balaban J connectivity index is 0.00000147. The minimum atomic E-state index is 0. The summed E-state index contributed by atoms with van der Waals surface area (Å²) in [6, 6.07) is 16.2. The average molecular weight is 398 g/mol. The molecule has 0 unspecified atom stereocenters. The van der Waals surface area contributed by atoms with Crippen molar-refractivity contribution in [1.29, 1.82) is 0 Å². The second kappa shape index (κ2) is 6.37. The number of hydrogen-bond acceptors (Lipinski definition) is 3. The Bertz CT molecular complexity index is 732. The molecule has 2 N–H and O–H groups in total. The van der Waals surface area contributed by atoms with Crippen molar-refractivity contribution in [1.82, 2.24) is 9.97 Å². The molecule has 0 aliphatic rings. The lowest BCUT2D eigenvalue weighted by Gasteiger charge is -2.06. The third kappa shape index (κ3) is 3.19. The quantitative estimate of drug-likeness (QED) is 0.669. The Morgan fingerprint density at radius 1 is 1.00 bits per heavy atom. The minimum absolute atomic E-state index is 0. The standard InChI is InChI=1S/C15H12IN3.ClH/c16-11-6-7-13-12(9-11)15(17)19-14(18-13)8-10-4-2-1-3-5-10;/h1-7,9H,8H2,(H2,17,18,19);1H. The summed E-state index contributed by atoms with van der Waals surface area (Å²) in [5.41, 5.74) is 8.11. The third-order valence-corrected chi connectivity index (χ3v) is 3.61. The van der Waals surface area contributed by atoms with Crippen molar-refractivity contribution < 1.29 is 0 Å². The number of aromatic nitrogens is 2. The molecular weight excluding hydrogens is 385 g/mol. The zero-order valence-corrected chi connectivity index (χ0v) is 13.6. The van der Waals surface area contributed by atoms with Gasteiger partial charge in [-0.15, -0.1) is 12.4 Å². The molecule has 3 aromatic rings. The molecule has 0 bridgehead atoms. The van der Waals surface area contributed by atoms with Crippen LogP contribution in [0.3, 0.4) is 0 Å². The normalized spacial score (nSPS) is 10.2. The number of nitrogens with zero attached hydrogens (tertiary/aromatic N) is 2. The maximum atomic E-state index is 6.03. The van der Waals surface area contributed by atoms with E-state index in [0.717, 1.165) is 20.3 Å². The molecule has 0 saturated carbocycles. The van der Waals surface area contributed by atoms with E-state index in [2.05, 4.69) is 44.7 Å². The maximum Gasteiger partial charge on any atom is 0.135 e. The summed E-state index contributed by atoms with van der Waals surface area (Å²) in [7, 11) is 0. The summed E-state index contributed by atoms with van der Waals surface area (Å²) in [6.45, 7) is 0. The molecule has 1 heterocycles. The van der Waals surface area contributed by atoms with Gasteiger partial charge in [0.2, 0.25) is 0 Å². The van der Waals surface area contributed by atoms with Crippen LogP contribution in [0, 0.1) is 3.57 Å². The molecule has 0 fully saturated rings. The molecule has 5 heteroatoms. The predicted octanol–water partition coefficient (Wildman–Crippen LogP) is 3.83. The number of rotatable bonds is 2. The lowest BCUT2D eigenvalue weighted by atomic mass is 10.1. The smallest absolute Gasteiger partial charge is 0.135 e. The molecule has 0 radical (unpaired) electrons. The number of anilines is 1. The lowest BCUT2D eigenvalue weighted by molar-refractivity contribution is 0.998. The van der Waals surface area contributed by atoms with E-state index >= 15 is 0 Å². The Kier molecular flexibility index (Phi) is 4.77. The topological polar surface area (TPSA) is 51.8 Å². The summed E-state index contributed by atoms with van der Waals surface area (Å²) in [5.74, 6) is 1.31. The SMILES string of the molecule is Cl.Nc1nc(Cc2ccccc2)nc2ccc(I)cc12. The molecule has 0 spiro atoms. The maximum absolute atomic E-state index is 6.03. The number of hydrogen-bond donors (Lipinski definition) is 1. The third-order valence-electron chi connectivity index (χ3n) is 2.94. The van der Waals surface area contributed by atoms with Crippen molar-refractivity contribution in [2.24, 2.45) is 0 Å². The van der Waals surface area contributed by atoms with E-state index < -0.39 is 0 Å². The molecular formula is C15H13ClIN3. The van der Waals surface area contributed by atoms with Gasteiger partial charge in [0.25, 0.3) is 0 Å². The molecule has 3 rings (SSSR count). The van der Waals surface area contributed by atoms with Crippen molar-refractivity contribution in [3.63, 3.8) is 0 Å². The fourth-order valence-corrected chi connectivity index (χ4v) is 2.52. The van der Waals surface area contributed by atoms with Crippen molar-refractivity contribution >= 4 is 51.7 Å². The number of halogens is 2. The Morgan fingerprint density at radius 2 is 1.75 bits per heavy atom. The second-order valence-corrected chi connectivity index (χ2v) is 5.59. The van der Waals surface area contributed by atoms with Gasteiger partial charge < -0.3 is 5.73 Å². The van der Waals surface area contributed by atoms with Gasteiger partial charge in [-0.3, -0.25) is 0 Å². The van der Waals surface area contributed by atoms with Crippen LogP contribution in [0.1, 0.15) is 11.4 Å². The van der Waals surface area contributed by atoms with Crippen LogP contribution in [-0.4, -0.2) is 9.97 Å². The van der Waals surface area contributed by atoms with Crippen LogP contribution in [0.2, 0.25) is 0 Å². The van der Waals surface area contributed by atoms with Crippen LogP contribution in [-0.2, 0) is 6.42 Å². The van der Waals surface area contributed by atoms with Crippen LogP contribution in [0.15, 0.2) is 48.5 Å². The van der Waals surface area contributed by atoms with E-state index in [0.29, 0.717) is 12.2 Å². The minimum Gasteiger partial charge on any atom is -0.383 e. The molecule has 1 aromatic heterocycles. The average Bonchev–Trinajstić information content (AvgIpc) is 2.41. The van der Waals surface area contributed by atoms with Gasteiger partial charge in [-0.25, -0.2) is 9.97 Å². The first-order valence-corrected chi connectivity index (χ1v) is 7.06. The molecule has 0 amide bonds. The highest BCUT2D eigenvalue weighted by atomic mass is 127. The number of nitrogen functional groups attached to an aromatic ring is 1. The van der Waals surface area contributed by atoms with Crippen LogP contribution in [0.5, 0.6) is 0 Å². The summed E-state index contributed by atoms with van der Waals surface area (Å²) in [6.07, 6.45) is 0.701. The van der Waals surface area contributed by atoms with Crippen molar-refractivity contribution in [2.45, 2.75) is 6.42 Å². The van der Waals surface area contributed by atoms with E-state index in [-0.39, 0.29) is 12.4 Å². The molecule has 20 heavy (non-hydrogen) atoms. The molecule has 3 nitrogen and oxygen atoms in total. The molecule has 2 aromatic carbocycles. The van der Waals surface area contributed by atoms with E-state index in [4.69, 9.17) is 5.73 Å². The van der Waals surface area contributed by atoms with E-state index in [1.54, 1.807) is 0 Å². The van der Waals surface area contributed by atoms with Gasteiger partial charge in [0, 0.05) is 15.4 Å². The molecule has 102 valence electrons. The molecule has 0 atom stereocenters. The van der Waals surface area contributed by atoms with Crippen molar-refractivity contribution in [3.05, 3.63) is 63.5 Å². The summed E-state index contributed by atoms with van der Waals surface area (Å²) in [5, 5.41) is 0.920. The highest BCUT2D eigenvalue weighted by molar-refractivity contribution is 14.1. The fraction of sp³-hybridized carbons (Fsp3) is 0.0667. The highest BCUT2D eigenvalue weighted by Gasteiger charge is 2.06. The van der Waals surface area contributed by atoms with Crippen molar-refractivity contribution in [3.8, 4) is 0 Å². The number of fused-ring (bicyclic) bond motifs is 1. The van der Waals surface area contributed by atoms with Gasteiger partial charge in [-0.1, -0.05) is 30.3 Å². The zero-order chi connectivity index (χ0) is 13.2. The van der Waals surface area contributed by atoms with Crippen LogP contribution in [0.25, 0.3) is 10.9 Å². The molecule has 0 saturated heterocycles. The Hall–Kier alpha value is -1.40. The van der Waals surface area contributed by atoms with Gasteiger partial charge >= 0.3 is 0 Å². The van der Waals surface area contributed by atoms with Gasteiger partial charge in [0.15, 0.2) is 0 Å². The van der Waals surface area contributed by atoms with Crippen molar-refractivity contribution in [2.75, 3.05) is 5.73 Å². The highest BCUT2D eigenvalue weighted by Crippen LogP contribution is 2.21. The van der Waals surface area contributed by atoms with E-state index in [1.807, 2.05) is 36.4 Å². The summed E-state index contributed by atoms with van der Waals surface area (Å²) < 4.78 is 1.14.